The van der Waals surface area contributed by atoms with Crippen LogP contribution < -0.4 is 11.1 Å². The molecule has 82 valence electrons. The lowest BCUT2D eigenvalue weighted by Gasteiger charge is -2.20. The molecule has 0 aliphatic carbocycles. The van der Waals surface area contributed by atoms with E-state index in [0.29, 0.717) is 6.42 Å². The van der Waals surface area contributed by atoms with Crippen molar-refractivity contribution in [2.24, 2.45) is 11.7 Å². The fourth-order valence-corrected chi connectivity index (χ4v) is 0.968. The van der Waals surface area contributed by atoms with Crippen LogP contribution in [0.5, 0.6) is 0 Å². The number of amides is 1. The summed E-state index contributed by atoms with van der Waals surface area (Å²) in [7, 11) is 0. The first-order valence-corrected chi connectivity index (χ1v) is 4.68. The normalized spacial score (nSPS) is 16.9. The Kier molecular flexibility index (Phi) is 5.15. The molecule has 0 radical (unpaired) electrons. The second kappa shape index (κ2) is 5.59. The van der Waals surface area contributed by atoms with Crippen molar-refractivity contribution in [3.8, 4) is 0 Å². The second-order valence-corrected chi connectivity index (χ2v) is 3.50. The molecule has 0 heterocycles. The van der Waals surface area contributed by atoms with Gasteiger partial charge in [0.25, 0.3) is 0 Å². The maximum Gasteiger partial charge on any atom is 0.326 e. The smallest absolute Gasteiger partial charge is 0.326 e. The number of carboxylic acids is 1. The van der Waals surface area contributed by atoms with Gasteiger partial charge in [-0.1, -0.05) is 20.3 Å². The van der Waals surface area contributed by atoms with Crippen molar-refractivity contribution in [2.75, 3.05) is 0 Å². The number of aliphatic carboxylic acids is 1. The number of carbonyl (C=O) groups excluding carboxylic acids is 1. The van der Waals surface area contributed by atoms with E-state index in [4.69, 9.17) is 10.8 Å². The van der Waals surface area contributed by atoms with Crippen LogP contribution in [0.4, 0.5) is 0 Å². The zero-order valence-corrected chi connectivity index (χ0v) is 8.78. The molecule has 0 aromatic rings. The first-order valence-electron chi connectivity index (χ1n) is 4.68. The van der Waals surface area contributed by atoms with Crippen LogP contribution in [0, 0.1) is 5.92 Å². The molecule has 0 fully saturated rings. The van der Waals surface area contributed by atoms with E-state index in [2.05, 4.69) is 5.32 Å². The van der Waals surface area contributed by atoms with Crippen molar-refractivity contribution in [1.82, 2.24) is 5.32 Å². The first kappa shape index (κ1) is 12.9. The fourth-order valence-electron chi connectivity index (χ4n) is 0.968. The molecule has 0 saturated carbocycles. The van der Waals surface area contributed by atoms with E-state index in [1.54, 1.807) is 6.92 Å². The largest absolute Gasteiger partial charge is 0.480 e. The molecule has 5 heteroatoms. The molecule has 0 spiro atoms. The van der Waals surface area contributed by atoms with Crippen molar-refractivity contribution >= 4 is 11.9 Å². The lowest BCUT2D eigenvalue weighted by molar-refractivity contribution is -0.143. The minimum atomic E-state index is -1.02. The van der Waals surface area contributed by atoms with Crippen LogP contribution in [0.2, 0.25) is 0 Å². The molecule has 0 aromatic heterocycles. The highest BCUT2D eigenvalue weighted by Crippen LogP contribution is 2.07. The predicted octanol–water partition coefficient (Wildman–Crippen LogP) is -0.0509. The third-order valence-corrected chi connectivity index (χ3v) is 2.19. The summed E-state index contributed by atoms with van der Waals surface area (Å²) in [6, 6.07) is -1.53. The molecule has 0 aromatic carbocycles. The summed E-state index contributed by atoms with van der Waals surface area (Å²) in [6.45, 7) is 5.17. The predicted molar refractivity (Wildman–Crippen MR) is 52.7 cm³/mol. The Morgan fingerprint density at radius 3 is 2.21 bits per heavy atom. The average Bonchev–Trinajstić information content (AvgIpc) is 2.11. The van der Waals surface area contributed by atoms with E-state index >= 15 is 0 Å². The molecular weight excluding hydrogens is 184 g/mol. The van der Waals surface area contributed by atoms with Gasteiger partial charge in [-0.15, -0.1) is 0 Å². The quantitative estimate of drug-likeness (QED) is 0.582. The fraction of sp³-hybridized carbons (Fsp3) is 0.778. The molecule has 0 bridgehead atoms. The van der Waals surface area contributed by atoms with Crippen LogP contribution in [0.25, 0.3) is 0 Å². The topological polar surface area (TPSA) is 92.4 Å². The summed E-state index contributed by atoms with van der Waals surface area (Å²) in [4.78, 5) is 22.0. The maximum atomic E-state index is 11.2. The lowest BCUT2D eigenvalue weighted by Crippen LogP contribution is -2.50. The number of nitrogens with two attached hydrogens (primary N) is 1. The van der Waals surface area contributed by atoms with Gasteiger partial charge in [0, 0.05) is 0 Å². The molecule has 0 rings (SSSR count). The molecule has 2 unspecified atom stereocenters. The van der Waals surface area contributed by atoms with Crippen molar-refractivity contribution in [1.29, 1.82) is 0 Å². The number of carbonyl (C=O) groups is 2. The van der Waals surface area contributed by atoms with E-state index in [0.717, 1.165) is 0 Å². The highest BCUT2D eigenvalue weighted by atomic mass is 16.4. The Morgan fingerprint density at radius 2 is 1.93 bits per heavy atom. The standard InChI is InChI=1S/C9H18N2O3/c1-4-5(2)7(9(13)14)11-8(12)6(3)10/h5-7H,4,10H2,1-3H3,(H,11,12)(H,13,14)/t5?,6-,7?/m1/s1. The summed E-state index contributed by atoms with van der Waals surface area (Å²) in [6.07, 6.45) is 0.691. The van der Waals surface area contributed by atoms with Crippen LogP contribution in [0.1, 0.15) is 27.2 Å². The summed E-state index contributed by atoms with van der Waals surface area (Å²) >= 11 is 0. The SMILES string of the molecule is CCC(C)C(NC(=O)[C@@H](C)N)C(=O)O. The minimum Gasteiger partial charge on any atom is -0.480 e. The van der Waals surface area contributed by atoms with Crippen LogP contribution in [0.15, 0.2) is 0 Å². The van der Waals surface area contributed by atoms with Crippen LogP contribution in [0.3, 0.4) is 0 Å². The number of nitrogens with one attached hydrogen (secondary N) is 1. The van der Waals surface area contributed by atoms with Gasteiger partial charge in [0.15, 0.2) is 0 Å². The van der Waals surface area contributed by atoms with Gasteiger partial charge in [-0.05, 0) is 12.8 Å². The molecular formula is C9H18N2O3. The van der Waals surface area contributed by atoms with E-state index in [1.165, 1.54) is 6.92 Å². The summed E-state index contributed by atoms with van der Waals surface area (Å²) in [5, 5.41) is 11.3. The van der Waals surface area contributed by atoms with Crippen molar-refractivity contribution in [3.05, 3.63) is 0 Å². The van der Waals surface area contributed by atoms with Crippen LogP contribution >= 0.6 is 0 Å². The Bertz CT molecular complexity index is 216. The number of hydrogen-bond donors (Lipinski definition) is 3. The Hall–Kier alpha value is -1.10. The van der Waals surface area contributed by atoms with Gasteiger partial charge in [-0.2, -0.15) is 0 Å². The molecule has 3 atom stereocenters. The molecule has 14 heavy (non-hydrogen) atoms. The van der Waals surface area contributed by atoms with Gasteiger partial charge >= 0.3 is 5.97 Å². The van der Waals surface area contributed by atoms with Gasteiger partial charge in [0.2, 0.25) is 5.91 Å². The van der Waals surface area contributed by atoms with Gasteiger partial charge in [-0.25, -0.2) is 4.79 Å². The number of carboxylic acid groups (broad SMARTS) is 1. The Labute approximate surface area is 83.7 Å². The van der Waals surface area contributed by atoms with Crippen LogP contribution in [-0.2, 0) is 9.59 Å². The monoisotopic (exact) mass is 202 g/mol. The number of rotatable bonds is 5. The van der Waals surface area contributed by atoms with Gasteiger partial charge < -0.3 is 16.2 Å². The number of hydrogen-bond acceptors (Lipinski definition) is 3. The minimum absolute atomic E-state index is 0.102. The first-order chi connectivity index (χ1) is 6.40. The molecule has 0 aliphatic rings. The third kappa shape index (κ3) is 3.74. The zero-order valence-electron chi connectivity index (χ0n) is 8.78. The maximum absolute atomic E-state index is 11.2. The molecule has 0 saturated heterocycles. The van der Waals surface area contributed by atoms with E-state index in [9.17, 15) is 9.59 Å². The molecule has 1 amide bonds. The Balaban J connectivity index is 4.38. The van der Waals surface area contributed by atoms with Gasteiger partial charge in [0.1, 0.15) is 6.04 Å². The van der Waals surface area contributed by atoms with E-state index in [1.807, 2.05) is 6.92 Å². The van der Waals surface area contributed by atoms with Gasteiger partial charge in [-0.3, -0.25) is 4.79 Å². The Morgan fingerprint density at radius 1 is 1.43 bits per heavy atom. The van der Waals surface area contributed by atoms with Crippen molar-refractivity contribution in [2.45, 2.75) is 39.3 Å². The van der Waals surface area contributed by atoms with Gasteiger partial charge in [0.05, 0.1) is 6.04 Å². The third-order valence-electron chi connectivity index (χ3n) is 2.19. The van der Waals surface area contributed by atoms with E-state index in [-0.39, 0.29) is 5.92 Å². The van der Waals surface area contributed by atoms with Crippen molar-refractivity contribution in [3.63, 3.8) is 0 Å². The summed E-state index contributed by atoms with van der Waals surface area (Å²) in [5.74, 6) is -1.55. The molecule has 4 N–H and O–H groups in total. The zero-order chi connectivity index (χ0) is 11.3. The summed E-state index contributed by atoms with van der Waals surface area (Å²) in [5.41, 5.74) is 5.32. The van der Waals surface area contributed by atoms with Crippen LogP contribution in [-0.4, -0.2) is 29.1 Å². The average molecular weight is 202 g/mol. The highest BCUT2D eigenvalue weighted by Gasteiger charge is 2.25. The lowest BCUT2D eigenvalue weighted by atomic mass is 9.99. The van der Waals surface area contributed by atoms with Crippen molar-refractivity contribution < 1.29 is 14.7 Å². The summed E-state index contributed by atoms with van der Waals surface area (Å²) < 4.78 is 0. The molecule has 0 aliphatic heterocycles. The van der Waals surface area contributed by atoms with E-state index < -0.39 is 24.0 Å². The second-order valence-electron chi connectivity index (χ2n) is 3.50. The highest BCUT2D eigenvalue weighted by molar-refractivity contribution is 5.86. The molecule has 5 nitrogen and oxygen atoms in total.